The van der Waals surface area contributed by atoms with Crippen molar-refractivity contribution >= 4 is 53.9 Å². The molecule has 2 unspecified atom stereocenters. The molecular formula is C49H59N9O8S2. The number of H-pyrrole nitrogens is 1. The van der Waals surface area contributed by atoms with Crippen molar-refractivity contribution in [3.8, 4) is 11.5 Å². The van der Waals surface area contributed by atoms with Crippen LogP contribution in [0.25, 0.3) is 11.0 Å². The van der Waals surface area contributed by atoms with E-state index in [9.17, 15) is 27.5 Å². The van der Waals surface area contributed by atoms with E-state index in [1.54, 1.807) is 30.5 Å². The van der Waals surface area contributed by atoms with Gasteiger partial charge in [-0.15, -0.1) is 0 Å². The molecule has 68 heavy (non-hydrogen) atoms. The molecule has 360 valence electrons. The molecule has 2 aromatic carbocycles. The quantitative estimate of drug-likeness (QED) is 0.0709. The van der Waals surface area contributed by atoms with E-state index in [4.69, 9.17) is 9.47 Å². The lowest BCUT2D eigenvalue weighted by atomic mass is 9.59. The molecule has 17 nitrogen and oxygen atoms in total. The second-order valence-electron chi connectivity index (χ2n) is 19.2. The van der Waals surface area contributed by atoms with Crippen molar-refractivity contribution < 1.29 is 31.8 Å². The standard InChI is InChI=1S/C49H59N9O8S2/c1-2-33-8-3-4-9-41(33)43-10-7-19-57(43)37-27-49(28-37)16-20-56(21-17-49)36-12-14-42(45(25-36)66-39-24-34-15-18-50-46(34)51-30-39)48(59)55-68(63,64)40-26-44(58(60)61)47(53-31-40)52-29-38-13-11-35(32-65-38)54-67(62)22-5-6-23-67/h3-4,8-9,12,14-15,18,24-26,30-31,35,37-38,43H,2,5-7,10-11,13,16-17,19-23,27-29,32H2,1H3,(H,50,51)(H,52,53)(H,55,59)/t35?,38?,43-/m0/s1. The fraction of sp³-hybridized carbons (Fsp3) is 0.490. The minimum atomic E-state index is -4.66. The van der Waals surface area contributed by atoms with Gasteiger partial charge in [0.2, 0.25) is 5.82 Å². The summed E-state index contributed by atoms with van der Waals surface area (Å²) in [5, 5.41) is 16.0. The van der Waals surface area contributed by atoms with E-state index >= 15 is 0 Å². The number of nitrogens with zero attached hydrogens (tertiary/aromatic N) is 6. The number of nitro groups is 1. The van der Waals surface area contributed by atoms with Crippen LogP contribution in [-0.4, -0.2) is 106 Å². The third-order valence-corrected chi connectivity index (χ3v) is 18.7. The first-order valence-corrected chi connectivity index (χ1v) is 27.3. The highest BCUT2D eigenvalue weighted by Gasteiger charge is 2.50. The molecule has 1 spiro atoms. The Morgan fingerprint density at radius 3 is 2.59 bits per heavy atom. The van der Waals surface area contributed by atoms with Gasteiger partial charge in [0.15, 0.2) is 0 Å². The summed E-state index contributed by atoms with van der Waals surface area (Å²) in [4.78, 5) is 41.6. The van der Waals surface area contributed by atoms with Crippen LogP contribution in [0.1, 0.15) is 98.7 Å². The van der Waals surface area contributed by atoms with Crippen molar-refractivity contribution in [1.82, 2.24) is 24.6 Å². The highest BCUT2D eigenvalue weighted by atomic mass is 32.2. The number of likely N-dealkylation sites (tertiary alicyclic amines) is 1. The number of carbonyl (C=O) groups excluding carboxylic acids is 1. The Kier molecular flexibility index (Phi) is 12.9. The fourth-order valence-electron chi connectivity index (χ4n) is 11.1. The number of benzene rings is 2. The second kappa shape index (κ2) is 19.0. The lowest BCUT2D eigenvalue weighted by Gasteiger charge is -2.56. The molecule has 3 aromatic heterocycles. The van der Waals surface area contributed by atoms with Crippen molar-refractivity contribution in [2.75, 3.05) is 54.5 Å². The summed E-state index contributed by atoms with van der Waals surface area (Å²) in [7, 11) is -6.83. The van der Waals surface area contributed by atoms with E-state index in [0.29, 0.717) is 59.8 Å². The Hall–Kier alpha value is -5.63. The maximum atomic E-state index is 14.0. The van der Waals surface area contributed by atoms with Gasteiger partial charge in [-0.3, -0.25) is 19.8 Å². The number of anilines is 2. The third kappa shape index (κ3) is 9.67. The Labute approximate surface area is 397 Å². The summed E-state index contributed by atoms with van der Waals surface area (Å²) in [6, 6.07) is 19.5. The van der Waals surface area contributed by atoms with Crippen LogP contribution >= 0.6 is 0 Å². The number of pyridine rings is 2. The van der Waals surface area contributed by atoms with Gasteiger partial charge in [-0.05, 0) is 118 Å². The predicted octanol–water partition coefficient (Wildman–Crippen LogP) is 8.15. The summed E-state index contributed by atoms with van der Waals surface area (Å²) in [5.41, 5.74) is 4.11. The van der Waals surface area contributed by atoms with Gasteiger partial charge in [-0.25, -0.2) is 31.7 Å². The Morgan fingerprint density at radius 1 is 1.01 bits per heavy atom. The maximum absolute atomic E-state index is 14.0. The molecule has 10 rings (SSSR count). The number of amides is 1. The number of rotatable bonds is 14. The number of hydrogen-bond acceptors (Lipinski definition) is 14. The molecule has 5 aliphatic rings. The van der Waals surface area contributed by atoms with Crippen LogP contribution in [-0.2, 0) is 30.9 Å². The predicted molar refractivity (Wildman–Crippen MR) is 260 cm³/mol. The number of aryl methyl sites for hydroxylation is 1. The van der Waals surface area contributed by atoms with Gasteiger partial charge >= 0.3 is 5.69 Å². The highest BCUT2D eigenvalue weighted by Crippen LogP contribution is 2.54. The van der Waals surface area contributed by atoms with E-state index in [2.05, 4.69) is 70.3 Å². The molecule has 3 atom stereocenters. The molecule has 5 aromatic rings. The number of hydrogen-bond donors (Lipinski definition) is 3. The molecule has 4 saturated heterocycles. The number of piperidine rings is 1. The summed E-state index contributed by atoms with van der Waals surface area (Å²) < 4.78 is 59.4. The Morgan fingerprint density at radius 2 is 1.82 bits per heavy atom. The zero-order valence-corrected chi connectivity index (χ0v) is 39.9. The van der Waals surface area contributed by atoms with Crippen LogP contribution in [0.3, 0.4) is 0 Å². The van der Waals surface area contributed by atoms with Crippen molar-refractivity contribution in [2.45, 2.75) is 107 Å². The number of sulfonamides is 1. The number of aromatic nitrogens is 3. The normalized spacial score (nSPS) is 22.8. The summed E-state index contributed by atoms with van der Waals surface area (Å²) in [6.45, 7) is 5.53. The smallest absolute Gasteiger partial charge is 0.312 e. The van der Waals surface area contributed by atoms with Crippen molar-refractivity contribution in [3.05, 3.63) is 106 Å². The molecule has 1 aliphatic carbocycles. The van der Waals surface area contributed by atoms with Crippen LogP contribution in [0.2, 0.25) is 0 Å². The highest BCUT2D eigenvalue weighted by molar-refractivity contribution is 7.93. The molecule has 1 saturated carbocycles. The Bertz CT molecular complexity index is 2920. The maximum Gasteiger partial charge on any atom is 0.312 e. The van der Waals surface area contributed by atoms with Gasteiger partial charge in [0, 0.05) is 82.4 Å². The van der Waals surface area contributed by atoms with Gasteiger partial charge in [0.05, 0.1) is 41.6 Å². The van der Waals surface area contributed by atoms with Gasteiger partial charge in [0.1, 0.15) is 22.0 Å². The second-order valence-corrected chi connectivity index (χ2v) is 23.4. The third-order valence-electron chi connectivity index (χ3n) is 14.8. The average Bonchev–Trinajstić information content (AvgIpc) is 4.12. The lowest BCUT2D eigenvalue weighted by Crippen LogP contribution is -2.54. The SMILES string of the molecule is CCc1ccccc1[C@@H]1CCCN1C1CC2(CCN(c3ccc(C(=O)NS(=O)(=O)c4cnc(NCC5CCC(N=S6(=O)CCCC6)CO5)c([N+](=O)[O-])c4)c(Oc4cnc5[nH]ccc5c4)c3)CC2)C1. The molecular weight excluding hydrogens is 907 g/mol. The number of ether oxygens (including phenoxy) is 2. The van der Waals surface area contributed by atoms with Gasteiger partial charge in [0.25, 0.3) is 15.9 Å². The zero-order chi connectivity index (χ0) is 47.0. The molecule has 3 N–H and O–H groups in total. The molecule has 0 radical (unpaired) electrons. The number of aromatic amines is 1. The van der Waals surface area contributed by atoms with E-state index in [0.717, 1.165) is 75.1 Å². The Balaban J connectivity index is 0.812. The summed E-state index contributed by atoms with van der Waals surface area (Å²) >= 11 is 0. The molecule has 19 heteroatoms. The molecule has 1 amide bonds. The fourth-order valence-corrected chi connectivity index (χ4v) is 14.5. The molecule has 4 aliphatic heterocycles. The van der Waals surface area contributed by atoms with Crippen LogP contribution in [0.15, 0.2) is 88.5 Å². The minimum absolute atomic E-state index is 0.0510. The molecule has 7 heterocycles. The topological polar surface area (TPSA) is 214 Å². The first-order valence-electron chi connectivity index (χ1n) is 24.0. The minimum Gasteiger partial charge on any atom is -0.455 e. The number of carbonyl (C=O) groups is 1. The molecule has 0 bridgehead atoms. The van der Waals surface area contributed by atoms with E-state index in [1.807, 2.05) is 6.07 Å². The van der Waals surface area contributed by atoms with Crippen LogP contribution in [0.5, 0.6) is 11.5 Å². The first kappa shape index (κ1) is 46.1. The van der Waals surface area contributed by atoms with E-state index in [-0.39, 0.29) is 35.8 Å². The van der Waals surface area contributed by atoms with Crippen LogP contribution < -0.4 is 19.7 Å². The van der Waals surface area contributed by atoms with E-state index in [1.165, 1.54) is 43.0 Å². The van der Waals surface area contributed by atoms with E-state index < -0.39 is 41.2 Å². The first-order chi connectivity index (χ1) is 32.9. The zero-order valence-electron chi connectivity index (χ0n) is 38.3. The molecule has 5 fully saturated rings. The largest absolute Gasteiger partial charge is 0.455 e. The summed E-state index contributed by atoms with van der Waals surface area (Å²) in [5.74, 6) is 0.610. The van der Waals surface area contributed by atoms with Crippen LogP contribution in [0.4, 0.5) is 17.2 Å². The van der Waals surface area contributed by atoms with Gasteiger partial charge < -0.3 is 24.7 Å². The monoisotopic (exact) mass is 965 g/mol. The van der Waals surface area contributed by atoms with Gasteiger partial charge in [-0.1, -0.05) is 31.2 Å². The van der Waals surface area contributed by atoms with Crippen molar-refractivity contribution in [2.24, 2.45) is 9.78 Å². The lowest BCUT2D eigenvalue weighted by molar-refractivity contribution is -0.384. The van der Waals surface area contributed by atoms with Crippen LogP contribution in [0, 0.1) is 15.5 Å². The van der Waals surface area contributed by atoms with Crippen molar-refractivity contribution in [3.63, 3.8) is 0 Å². The number of nitrogens with one attached hydrogen (secondary N) is 3. The summed E-state index contributed by atoms with van der Waals surface area (Å²) in [6.07, 6.45) is 15.0. The average molecular weight is 966 g/mol. The number of fused-ring (bicyclic) bond motifs is 1. The van der Waals surface area contributed by atoms with Crippen molar-refractivity contribution in [1.29, 1.82) is 0 Å². The van der Waals surface area contributed by atoms with Gasteiger partial charge in [-0.2, -0.15) is 0 Å².